The SMILES string of the molecule is CCCCOCCSCC[Si]12O[Si]3(CCSCCOCCC)O[Si]4(CCSCCOCCC)O[Si]5(CCSCCOCCC)O[Si](CCSCCOCCC)(O3)O[Si](CCSCCOCCC)(O[Si](CCSCCOCCC)(O5)O[Si](CCSCCOCCC)(O4)O1)O2. The van der Waals surface area contributed by atoms with Gasteiger partial charge in [0, 0.05) is 147 Å². The van der Waals surface area contributed by atoms with Crippen LogP contribution in [0.5, 0.6) is 0 Å². The van der Waals surface area contributed by atoms with E-state index >= 15 is 0 Å². The van der Waals surface area contributed by atoms with Crippen LogP contribution in [0.2, 0.25) is 48.4 Å². The van der Waals surface area contributed by atoms with E-state index in [1.165, 1.54) is 0 Å². The molecule has 6 fully saturated rings. The summed E-state index contributed by atoms with van der Waals surface area (Å²) in [6.07, 6.45) is 8.81. The Morgan fingerprint density at radius 1 is 0.172 bits per heavy atom. The molecule has 0 N–H and O–H groups in total. The molecular weight excluding hydrogens is 1490 g/mol. The first-order valence-corrected chi connectivity index (χ1v) is 59.8. The van der Waals surface area contributed by atoms with Crippen LogP contribution in [-0.4, -0.2) is 268 Å². The van der Waals surface area contributed by atoms with Gasteiger partial charge in [-0.25, -0.2) is 0 Å². The number of hydrogen-bond acceptors (Lipinski definition) is 28. The monoisotopic (exact) mass is 1610 g/mol. The lowest BCUT2D eigenvalue weighted by molar-refractivity contribution is -0.0280. The van der Waals surface area contributed by atoms with E-state index in [-0.39, 0.29) is 0 Å². The van der Waals surface area contributed by atoms with Gasteiger partial charge in [0.1, 0.15) is 0 Å². The van der Waals surface area contributed by atoms with Crippen molar-refractivity contribution in [3.05, 3.63) is 0 Å². The molecule has 0 aromatic rings. The van der Waals surface area contributed by atoms with Gasteiger partial charge in [0.2, 0.25) is 0 Å². The van der Waals surface area contributed by atoms with Gasteiger partial charge < -0.3 is 87.3 Å². The number of thioether (sulfide) groups is 8. The number of unbranched alkanes of at least 4 members (excludes halogenated alkanes) is 1. The fourth-order valence-electron chi connectivity index (χ4n) is 9.98. The minimum atomic E-state index is -4.24. The van der Waals surface area contributed by atoms with Crippen LogP contribution in [0.15, 0.2) is 0 Å². The summed E-state index contributed by atoms with van der Waals surface area (Å²) in [7, 11) is -33.9. The average molecular weight is 1610 g/mol. The smallest absolute Gasteiger partial charge is 0.381 e. The summed E-state index contributed by atoms with van der Waals surface area (Å²) in [5.74, 6) is 11.4. The summed E-state index contributed by atoms with van der Waals surface area (Å²) in [5.41, 5.74) is 0. The van der Waals surface area contributed by atoms with Crippen LogP contribution in [0.3, 0.4) is 0 Å². The van der Waals surface area contributed by atoms with E-state index in [0.29, 0.717) is 193 Å². The Morgan fingerprint density at radius 2 is 0.312 bits per heavy atom. The molecule has 6 saturated heterocycles. The first kappa shape index (κ1) is 87.4. The van der Waals surface area contributed by atoms with Crippen molar-refractivity contribution in [1.29, 1.82) is 0 Å². The molecule has 6 aliphatic heterocycles. The molecule has 36 heteroatoms. The van der Waals surface area contributed by atoms with Gasteiger partial charge in [-0.2, -0.15) is 94.1 Å². The summed E-state index contributed by atoms with van der Waals surface area (Å²) in [6, 6.07) is 3.20. The van der Waals surface area contributed by atoms with Gasteiger partial charge in [-0.3, -0.25) is 0 Å². The summed E-state index contributed by atoms with van der Waals surface area (Å²) < 4.78 is 148. The third-order valence-corrected chi connectivity index (χ3v) is 61.4. The zero-order chi connectivity index (χ0) is 66.4. The van der Waals surface area contributed by atoms with Gasteiger partial charge in [0.25, 0.3) is 0 Å². The van der Waals surface area contributed by atoms with Gasteiger partial charge >= 0.3 is 70.4 Å². The molecule has 0 aromatic carbocycles. The highest BCUT2D eigenvalue weighted by Crippen LogP contribution is 2.54. The molecule has 20 nitrogen and oxygen atoms in total. The van der Waals surface area contributed by atoms with Crippen molar-refractivity contribution in [2.45, 2.75) is 162 Å². The minimum Gasteiger partial charge on any atom is -0.381 e. The molecule has 0 unspecified atom stereocenters. The summed E-state index contributed by atoms with van der Waals surface area (Å²) in [5, 5.41) is 0. The fourth-order valence-corrected chi connectivity index (χ4v) is 71.7. The highest BCUT2D eigenvalue weighted by molar-refractivity contribution is 8.00. The molecule has 550 valence electrons. The Kier molecular flexibility index (Phi) is 48.7. The second kappa shape index (κ2) is 51.8. The predicted molar refractivity (Wildman–Crippen MR) is 410 cm³/mol. The topological polar surface area (TPSA) is 185 Å². The van der Waals surface area contributed by atoms with Crippen molar-refractivity contribution < 1.29 is 87.3 Å². The predicted octanol–water partition coefficient (Wildman–Crippen LogP) is 13.4. The van der Waals surface area contributed by atoms with Crippen molar-refractivity contribution in [2.24, 2.45) is 0 Å². The maximum Gasteiger partial charge on any atom is 0.479 e. The zero-order valence-corrected chi connectivity index (χ0v) is 72.6. The van der Waals surface area contributed by atoms with Crippen molar-refractivity contribution in [3.63, 3.8) is 0 Å². The van der Waals surface area contributed by atoms with E-state index in [2.05, 4.69) is 55.4 Å². The normalized spacial score (nSPS) is 28.3. The molecule has 8 bridgehead atoms. The second-order valence-electron chi connectivity index (χ2n) is 22.8. The fraction of sp³-hybridized carbons (Fsp3) is 1.00. The molecule has 0 saturated carbocycles. The summed E-state index contributed by atoms with van der Waals surface area (Å²) >= 11 is 14.4. The molecule has 6 rings (SSSR count). The Bertz CT molecular complexity index is 1680. The Morgan fingerprint density at radius 3 is 0.441 bits per heavy atom. The van der Waals surface area contributed by atoms with Crippen molar-refractivity contribution in [2.75, 3.05) is 198 Å². The molecular formula is C57H122O20S8Si8. The standard InChI is InChI=1S/C57H122O20S8Si8/c1-9-17-25-65-33-41-85-49-57-93-75-90(54-46-82-38-30-62-22-14-6)69-87(51-43-79-35-27-59-19-11-3)66-86(50-42-78-34-26-58-18-10-2)67-88(71-90,52-44-80-36-28-60-20-12-4)73-92(77-93,56-48-84-40-32-64-24-16-8)74-89(68-86,53-45-81-37-29-61-21-13-5)72-91(70-87,76-93)55-47-83-39-31-63-23-15-7/h9-57H2,1-8H3. The van der Waals surface area contributed by atoms with E-state index < -0.39 is 70.4 Å². The number of rotatable bonds is 65. The Balaban J connectivity index is 1.82. The van der Waals surface area contributed by atoms with Crippen LogP contribution >= 0.6 is 94.1 Å². The van der Waals surface area contributed by atoms with Crippen LogP contribution in [0, 0.1) is 0 Å². The first-order chi connectivity index (χ1) is 45.5. The van der Waals surface area contributed by atoms with Gasteiger partial charge in [-0.1, -0.05) is 61.8 Å². The Labute approximate surface area is 605 Å². The molecule has 0 aliphatic carbocycles. The third kappa shape index (κ3) is 34.2. The first-order valence-electron chi connectivity index (χ1n) is 35.1. The highest BCUT2D eigenvalue weighted by Gasteiger charge is 2.83. The second-order valence-corrected chi connectivity index (χ2v) is 57.4. The minimum absolute atomic E-state index is 0.400. The van der Waals surface area contributed by atoms with E-state index in [1.807, 2.05) is 11.8 Å². The van der Waals surface area contributed by atoms with E-state index in [1.54, 1.807) is 82.3 Å². The van der Waals surface area contributed by atoms with Crippen LogP contribution in [0.25, 0.3) is 0 Å². The lowest BCUT2D eigenvalue weighted by atomic mass is 10.4. The largest absolute Gasteiger partial charge is 0.479 e. The maximum atomic E-state index is 8.28. The zero-order valence-electron chi connectivity index (χ0n) is 58.1. The molecule has 0 radical (unpaired) electrons. The highest BCUT2D eigenvalue weighted by atomic mass is 32.2. The van der Waals surface area contributed by atoms with Crippen LogP contribution in [0.4, 0.5) is 0 Å². The van der Waals surface area contributed by atoms with Gasteiger partial charge in [0.05, 0.1) is 52.9 Å². The van der Waals surface area contributed by atoms with E-state index in [9.17, 15) is 0 Å². The van der Waals surface area contributed by atoms with Crippen LogP contribution < -0.4 is 0 Å². The molecule has 6 heterocycles. The van der Waals surface area contributed by atoms with Crippen molar-refractivity contribution >= 4 is 165 Å². The number of hydrogen-bond donors (Lipinski definition) is 0. The van der Waals surface area contributed by atoms with Crippen molar-refractivity contribution in [1.82, 2.24) is 0 Å². The van der Waals surface area contributed by atoms with Gasteiger partial charge in [-0.15, -0.1) is 0 Å². The Hall–Kier alpha value is 3.74. The average Bonchev–Trinajstić information content (AvgIpc) is 0.690. The molecule has 0 amide bonds. The lowest BCUT2D eigenvalue weighted by Gasteiger charge is -2.63. The molecule has 0 spiro atoms. The summed E-state index contributed by atoms with van der Waals surface area (Å²) in [4.78, 5) is 0. The quantitative estimate of drug-likeness (QED) is 0.0413. The van der Waals surface area contributed by atoms with Crippen molar-refractivity contribution in [3.8, 4) is 0 Å². The third-order valence-electron chi connectivity index (χ3n) is 14.2. The van der Waals surface area contributed by atoms with E-state index in [0.717, 1.165) is 110 Å². The van der Waals surface area contributed by atoms with Crippen LogP contribution in [-0.2, 0) is 87.3 Å². The molecule has 0 atom stereocenters. The molecule has 6 aliphatic rings. The van der Waals surface area contributed by atoms with Gasteiger partial charge in [-0.05, 0) is 97.4 Å². The molecule has 0 aromatic heterocycles. The maximum absolute atomic E-state index is 8.28. The van der Waals surface area contributed by atoms with Gasteiger partial charge in [0.15, 0.2) is 0 Å². The number of ether oxygens (including phenoxy) is 8. The van der Waals surface area contributed by atoms with E-state index in [4.69, 9.17) is 87.3 Å². The van der Waals surface area contributed by atoms with Crippen LogP contribution in [0.1, 0.15) is 113 Å². The molecule has 93 heavy (non-hydrogen) atoms. The lowest BCUT2D eigenvalue weighted by Crippen LogP contribution is -2.88. The summed E-state index contributed by atoms with van der Waals surface area (Å²) in [6.45, 7) is 27.9.